The van der Waals surface area contributed by atoms with Crippen molar-refractivity contribution in [3.8, 4) is 0 Å². The van der Waals surface area contributed by atoms with Crippen molar-refractivity contribution in [3.63, 3.8) is 0 Å². The fraction of sp³-hybridized carbons (Fsp3) is 0.765. The highest BCUT2D eigenvalue weighted by molar-refractivity contribution is 5.21. The molecule has 3 heteroatoms. The van der Waals surface area contributed by atoms with E-state index < -0.39 is 0 Å². The second-order valence-electron chi connectivity index (χ2n) is 6.99. The molecule has 20 heavy (non-hydrogen) atoms. The second-order valence-corrected chi connectivity index (χ2v) is 6.99. The summed E-state index contributed by atoms with van der Waals surface area (Å²) in [6.45, 7) is 12.1. The zero-order valence-electron chi connectivity index (χ0n) is 13.7. The summed E-state index contributed by atoms with van der Waals surface area (Å²) in [7, 11) is 0. The molecule has 1 atom stereocenters. The van der Waals surface area contributed by atoms with E-state index in [2.05, 4.69) is 44.9 Å². The number of hydrogen-bond donors (Lipinski definition) is 1. The molecule has 0 saturated heterocycles. The van der Waals surface area contributed by atoms with E-state index in [1.54, 1.807) is 0 Å². The van der Waals surface area contributed by atoms with Crippen LogP contribution in [0.2, 0.25) is 0 Å². The zero-order valence-corrected chi connectivity index (χ0v) is 13.7. The van der Waals surface area contributed by atoms with Crippen LogP contribution in [0, 0.1) is 12.3 Å². The summed E-state index contributed by atoms with van der Waals surface area (Å²) in [5.41, 5.74) is 2.87. The van der Waals surface area contributed by atoms with E-state index in [0.29, 0.717) is 17.4 Å². The predicted octanol–water partition coefficient (Wildman–Crippen LogP) is 4.14. The smallest absolute Gasteiger partial charge is 0.131 e. The van der Waals surface area contributed by atoms with Crippen LogP contribution in [-0.4, -0.2) is 16.5 Å². The Balaban J connectivity index is 2.09. The highest BCUT2D eigenvalue weighted by atomic mass is 14.9. The lowest BCUT2D eigenvalue weighted by molar-refractivity contribution is 0.220. The summed E-state index contributed by atoms with van der Waals surface area (Å²) in [6.07, 6.45) is 7.07. The van der Waals surface area contributed by atoms with Gasteiger partial charge in [0, 0.05) is 29.4 Å². The van der Waals surface area contributed by atoms with Crippen LogP contribution < -0.4 is 5.32 Å². The van der Waals surface area contributed by atoms with E-state index in [1.165, 1.54) is 31.2 Å². The van der Waals surface area contributed by atoms with Gasteiger partial charge in [0.25, 0.3) is 0 Å². The van der Waals surface area contributed by atoms with Crippen LogP contribution in [0.4, 0.5) is 0 Å². The van der Waals surface area contributed by atoms with Gasteiger partial charge < -0.3 is 5.32 Å². The number of hydrogen-bond acceptors (Lipinski definition) is 3. The molecule has 1 aliphatic carbocycles. The van der Waals surface area contributed by atoms with Gasteiger partial charge in [-0.05, 0) is 51.5 Å². The first-order valence-corrected chi connectivity index (χ1v) is 8.00. The highest BCUT2D eigenvalue weighted by Gasteiger charge is 2.29. The molecule has 3 nitrogen and oxygen atoms in total. The third-order valence-corrected chi connectivity index (χ3v) is 4.72. The van der Waals surface area contributed by atoms with E-state index in [-0.39, 0.29) is 0 Å². The first kappa shape index (κ1) is 15.4. The van der Waals surface area contributed by atoms with Crippen molar-refractivity contribution >= 4 is 0 Å². The standard InChI is InChI=1S/C17H29N3/c1-6-18-12(2)15-11-19-16(20-13(15)3)14-7-9-17(4,5)10-8-14/h11-12,14,18H,6-10H2,1-5H3. The maximum absolute atomic E-state index is 4.80. The first-order chi connectivity index (χ1) is 9.43. The molecule has 1 saturated carbocycles. The molecule has 1 fully saturated rings. The van der Waals surface area contributed by atoms with Crippen molar-refractivity contribution in [1.29, 1.82) is 0 Å². The molecule has 1 heterocycles. The minimum atomic E-state index is 0.333. The summed E-state index contributed by atoms with van der Waals surface area (Å²) >= 11 is 0. The van der Waals surface area contributed by atoms with Crippen LogP contribution in [0.25, 0.3) is 0 Å². The van der Waals surface area contributed by atoms with Crippen molar-refractivity contribution < 1.29 is 0 Å². The van der Waals surface area contributed by atoms with E-state index in [1.807, 2.05) is 6.20 Å². The average Bonchev–Trinajstić information content (AvgIpc) is 2.38. The minimum absolute atomic E-state index is 0.333. The van der Waals surface area contributed by atoms with Gasteiger partial charge in [-0.15, -0.1) is 0 Å². The molecule has 112 valence electrons. The Kier molecular flexibility index (Phi) is 4.79. The highest BCUT2D eigenvalue weighted by Crippen LogP contribution is 2.41. The molecular formula is C17H29N3. The molecule has 0 radical (unpaired) electrons. The minimum Gasteiger partial charge on any atom is -0.310 e. The Morgan fingerprint density at radius 3 is 2.55 bits per heavy atom. The molecule has 1 N–H and O–H groups in total. The number of nitrogens with zero attached hydrogens (tertiary/aromatic N) is 2. The van der Waals surface area contributed by atoms with Crippen molar-refractivity contribution in [2.24, 2.45) is 5.41 Å². The van der Waals surface area contributed by atoms with Crippen molar-refractivity contribution in [1.82, 2.24) is 15.3 Å². The predicted molar refractivity (Wildman–Crippen MR) is 83.9 cm³/mol. The molecule has 0 spiro atoms. The van der Waals surface area contributed by atoms with Gasteiger partial charge in [-0.2, -0.15) is 0 Å². The summed E-state index contributed by atoms with van der Waals surface area (Å²) in [4.78, 5) is 9.46. The van der Waals surface area contributed by atoms with Gasteiger partial charge in [-0.25, -0.2) is 9.97 Å². The third kappa shape index (κ3) is 3.57. The number of aryl methyl sites for hydroxylation is 1. The third-order valence-electron chi connectivity index (χ3n) is 4.72. The summed E-state index contributed by atoms with van der Waals surface area (Å²) in [5, 5.41) is 3.43. The lowest BCUT2D eigenvalue weighted by Gasteiger charge is -2.33. The van der Waals surface area contributed by atoms with E-state index in [4.69, 9.17) is 4.98 Å². The molecule has 1 aromatic rings. The van der Waals surface area contributed by atoms with Gasteiger partial charge in [-0.3, -0.25) is 0 Å². The fourth-order valence-electron chi connectivity index (χ4n) is 3.19. The van der Waals surface area contributed by atoms with Gasteiger partial charge in [-0.1, -0.05) is 20.8 Å². The Morgan fingerprint density at radius 1 is 1.35 bits per heavy atom. The number of nitrogens with one attached hydrogen (secondary N) is 1. The summed E-state index contributed by atoms with van der Waals surface area (Å²) in [5.74, 6) is 1.62. The van der Waals surface area contributed by atoms with Gasteiger partial charge in [0.15, 0.2) is 0 Å². The zero-order chi connectivity index (χ0) is 14.8. The van der Waals surface area contributed by atoms with Crippen LogP contribution in [0.5, 0.6) is 0 Å². The van der Waals surface area contributed by atoms with Crippen molar-refractivity contribution in [2.45, 2.75) is 72.3 Å². The Hall–Kier alpha value is -0.960. The van der Waals surface area contributed by atoms with Crippen LogP contribution >= 0.6 is 0 Å². The van der Waals surface area contributed by atoms with Gasteiger partial charge in [0.05, 0.1) is 0 Å². The largest absolute Gasteiger partial charge is 0.310 e. The second kappa shape index (κ2) is 6.21. The SMILES string of the molecule is CCNC(C)c1cnc(C2CCC(C)(C)CC2)nc1C. The molecule has 1 aliphatic rings. The molecule has 0 aliphatic heterocycles. The molecule has 1 unspecified atom stereocenters. The van der Waals surface area contributed by atoms with Crippen molar-refractivity contribution in [2.75, 3.05) is 6.54 Å². The Morgan fingerprint density at radius 2 is 2.00 bits per heavy atom. The average molecular weight is 275 g/mol. The molecule has 0 bridgehead atoms. The summed E-state index contributed by atoms with van der Waals surface area (Å²) in [6, 6.07) is 0.333. The molecular weight excluding hydrogens is 246 g/mol. The first-order valence-electron chi connectivity index (χ1n) is 8.00. The van der Waals surface area contributed by atoms with Crippen LogP contribution in [0.1, 0.15) is 82.4 Å². The topological polar surface area (TPSA) is 37.8 Å². The van der Waals surface area contributed by atoms with E-state index >= 15 is 0 Å². The van der Waals surface area contributed by atoms with E-state index in [9.17, 15) is 0 Å². The fourth-order valence-corrected chi connectivity index (χ4v) is 3.19. The quantitative estimate of drug-likeness (QED) is 0.897. The lowest BCUT2D eigenvalue weighted by atomic mass is 9.73. The van der Waals surface area contributed by atoms with Gasteiger partial charge in [0.2, 0.25) is 0 Å². The lowest BCUT2D eigenvalue weighted by Crippen LogP contribution is -2.23. The van der Waals surface area contributed by atoms with Gasteiger partial charge in [0.1, 0.15) is 5.82 Å². The molecule has 0 aromatic carbocycles. The van der Waals surface area contributed by atoms with Crippen molar-refractivity contribution in [3.05, 3.63) is 23.3 Å². The maximum atomic E-state index is 4.80. The number of aromatic nitrogens is 2. The molecule has 0 amide bonds. The normalized spacial score (nSPS) is 20.9. The monoisotopic (exact) mass is 275 g/mol. The summed E-state index contributed by atoms with van der Waals surface area (Å²) < 4.78 is 0. The van der Waals surface area contributed by atoms with Crippen LogP contribution in [-0.2, 0) is 0 Å². The Labute approximate surface area is 123 Å². The van der Waals surface area contributed by atoms with Crippen LogP contribution in [0.3, 0.4) is 0 Å². The Bertz CT molecular complexity index is 444. The number of rotatable bonds is 4. The van der Waals surface area contributed by atoms with Crippen LogP contribution in [0.15, 0.2) is 6.20 Å². The van der Waals surface area contributed by atoms with Gasteiger partial charge >= 0.3 is 0 Å². The maximum Gasteiger partial charge on any atom is 0.131 e. The molecule has 1 aromatic heterocycles. The van der Waals surface area contributed by atoms with E-state index in [0.717, 1.165) is 18.1 Å². The molecule has 2 rings (SSSR count).